The van der Waals surface area contributed by atoms with Crippen LogP contribution < -0.4 is 0 Å². The number of aliphatic hydroxyl groups excluding tert-OH is 1. The van der Waals surface area contributed by atoms with Gasteiger partial charge in [-0.2, -0.15) is 0 Å². The summed E-state index contributed by atoms with van der Waals surface area (Å²) in [5, 5.41) is 8.83. The van der Waals surface area contributed by atoms with Gasteiger partial charge >= 0.3 is 0 Å². The van der Waals surface area contributed by atoms with Crippen molar-refractivity contribution in [2.45, 2.75) is 78.1 Å². The van der Waals surface area contributed by atoms with E-state index in [9.17, 15) is 0 Å². The third-order valence-electron chi connectivity index (χ3n) is 3.82. The van der Waals surface area contributed by atoms with Gasteiger partial charge in [0.2, 0.25) is 0 Å². The van der Waals surface area contributed by atoms with Crippen molar-refractivity contribution in [1.82, 2.24) is 0 Å². The molecule has 0 amide bonds. The van der Waals surface area contributed by atoms with E-state index in [1.807, 2.05) is 0 Å². The molecular weight excluding hydrogens is 256 g/mol. The van der Waals surface area contributed by atoms with Gasteiger partial charge < -0.3 is 19.3 Å². The molecule has 0 radical (unpaired) electrons. The summed E-state index contributed by atoms with van der Waals surface area (Å²) in [6.07, 6.45) is 4.27. The van der Waals surface area contributed by atoms with Gasteiger partial charge in [0.25, 0.3) is 0 Å². The number of hydrogen-bond acceptors (Lipinski definition) is 4. The monoisotopic (exact) mass is 290 g/mol. The number of rotatable bonds is 13. The molecule has 1 N–H and O–H groups in total. The Morgan fingerprint density at radius 2 is 1.65 bits per heavy atom. The van der Waals surface area contributed by atoms with Crippen LogP contribution >= 0.6 is 0 Å². The molecule has 0 saturated heterocycles. The van der Waals surface area contributed by atoms with Crippen LogP contribution in [0.25, 0.3) is 0 Å². The summed E-state index contributed by atoms with van der Waals surface area (Å²) in [4.78, 5) is 0. The van der Waals surface area contributed by atoms with Crippen LogP contribution in [0.15, 0.2) is 0 Å². The van der Waals surface area contributed by atoms with E-state index in [1.165, 1.54) is 0 Å². The molecule has 3 atom stereocenters. The Morgan fingerprint density at radius 1 is 1.00 bits per heavy atom. The van der Waals surface area contributed by atoms with Crippen molar-refractivity contribution in [2.24, 2.45) is 0 Å². The van der Waals surface area contributed by atoms with E-state index in [2.05, 4.69) is 34.6 Å². The molecule has 4 heteroatoms. The Balaban J connectivity index is 3.74. The zero-order chi connectivity index (χ0) is 15.4. The van der Waals surface area contributed by atoms with Gasteiger partial charge in [-0.05, 0) is 46.5 Å². The number of ether oxygens (including phenoxy) is 3. The van der Waals surface area contributed by atoms with Crippen molar-refractivity contribution in [3.8, 4) is 0 Å². The summed E-state index contributed by atoms with van der Waals surface area (Å²) >= 11 is 0. The average Bonchev–Trinajstić information content (AvgIpc) is 2.44. The Bertz CT molecular complexity index is 223. The quantitative estimate of drug-likeness (QED) is 0.566. The lowest BCUT2D eigenvalue weighted by atomic mass is 9.99. The second kappa shape index (κ2) is 11.5. The number of aliphatic hydroxyl groups is 1. The molecule has 0 aromatic heterocycles. The van der Waals surface area contributed by atoms with Gasteiger partial charge in [-0.15, -0.1) is 0 Å². The fourth-order valence-electron chi connectivity index (χ4n) is 1.76. The highest BCUT2D eigenvalue weighted by Gasteiger charge is 2.22. The van der Waals surface area contributed by atoms with Crippen molar-refractivity contribution in [3.63, 3.8) is 0 Å². The van der Waals surface area contributed by atoms with E-state index in [0.29, 0.717) is 19.3 Å². The average molecular weight is 290 g/mol. The van der Waals surface area contributed by atoms with E-state index >= 15 is 0 Å². The van der Waals surface area contributed by atoms with Crippen LogP contribution in [0.3, 0.4) is 0 Å². The minimum Gasteiger partial charge on any atom is -0.394 e. The van der Waals surface area contributed by atoms with E-state index in [0.717, 1.165) is 32.3 Å². The van der Waals surface area contributed by atoms with Gasteiger partial charge in [0.1, 0.15) is 0 Å². The van der Waals surface area contributed by atoms with Gasteiger partial charge in [-0.3, -0.25) is 0 Å². The molecule has 0 aliphatic heterocycles. The molecule has 2 unspecified atom stereocenters. The van der Waals surface area contributed by atoms with Gasteiger partial charge in [0.05, 0.1) is 31.0 Å². The first-order valence-electron chi connectivity index (χ1n) is 7.95. The maximum Gasteiger partial charge on any atom is 0.0705 e. The Kier molecular flexibility index (Phi) is 11.4. The molecule has 0 spiro atoms. The Morgan fingerprint density at radius 3 is 2.20 bits per heavy atom. The molecule has 0 rings (SSSR count). The molecule has 122 valence electrons. The van der Waals surface area contributed by atoms with Crippen LogP contribution in [-0.2, 0) is 14.2 Å². The first-order chi connectivity index (χ1) is 9.47. The van der Waals surface area contributed by atoms with E-state index in [1.54, 1.807) is 0 Å². The van der Waals surface area contributed by atoms with Crippen molar-refractivity contribution < 1.29 is 19.3 Å². The molecule has 20 heavy (non-hydrogen) atoms. The van der Waals surface area contributed by atoms with Crippen LogP contribution in [0.2, 0.25) is 0 Å². The summed E-state index contributed by atoms with van der Waals surface area (Å²) in [5.74, 6) is 0. The topological polar surface area (TPSA) is 47.9 Å². The molecule has 0 aromatic rings. The molecule has 0 fully saturated rings. The lowest BCUT2D eigenvalue weighted by molar-refractivity contribution is -0.0748. The Labute approximate surface area is 124 Å². The largest absolute Gasteiger partial charge is 0.394 e. The van der Waals surface area contributed by atoms with Gasteiger partial charge in [0, 0.05) is 13.2 Å². The van der Waals surface area contributed by atoms with E-state index < -0.39 is 0 Å². The van der Waals surface area contributed by atoms with Gasteiger partial charge in [-0.25, -0.2) is 0 Å². The maximum atomic E-state index is 8.83. The first-order valence-corrected chi connectivity index (χ1v) is 7.95. The van der Waals surface area contributed by atoms with Crippen LogP contribution in [0, 0.1) is 0 Å². The molecular formula is C16H34O4. The van der Waals surface area contributed by atoms with Crippen LogP contribution in [-0.4, -0.2) is 49.3 Å². The molecule has 0 aromatic carbocycles. The SMILES string of the molecule is CC[C@@H](C)OCCC(C)OCCC(C)(CC)OCCO. The predicted octanol–water partition coefficient (Wildman–Crippen LogP) is 3.16. The zero-order valence-electron chi connectivity index (χ0n) is 14.0. The summed E-state index contributed by atoms with van der Waals surface area (Å²) < 4.78 is 17.1. The maximum absolute atomic E-state index is 8.83. The third kappa shape index (κ3) is 9.70. The standard InChI is InChI=1S/C16H34O4/c1-6-14(3)18-11-8-15(4)19-12-9-16(5,7-2)20-13-10-17/h14-15,17H,6-13H2,1-5H3/t14-,15?,16?/m1/s1. The minimum atomic E-state index is -0.199. The molecule has 0 heterocycles. The van der Waals surface area contributed by atoms with Crippen molar-refractivity contribution in [1.29, 1.82) is 0 Å². The minimum absolute atomic E-state index is 0.0692. The third-order valence-corrected chi connectivity index (χ3v) is 3.82. The first kappa shape index (κ1) is 19.8. The van der Waals surface area contributed by atoms with Crippen LogP contribution in [0.5, 0.6) is 0 Å². The van der Waals surface area contributed by atoms with Crippen molar-refractivity contribution in [3.05, 3.63) is 0 Å². The van der Waals surface area contributed by atoms with Crippen LogP contribution in [0.1, 0.15) is 60.3 Å². The fraction of sp³-hybridized carbons (Fsp3) is 1.00. The van der Waals surface area contributed by atoms with Gasteiger partial charge in [0.15, 0.2) is 0 Å². The highest BCUT2D eigenvalue weighted by atomic mass is 16.5. The summed E-state index contributed by atoms with van der Waals surface area (Å²) in [7, 11) is 0. The summed E-state index contributed by atoms with van der Waals surface area (Å²) in [6.45, 7) is 12.4. The summed E-state index contributed by atoms with van der Waals surface area (Å²) in [5.41, 5.74) is -0.199. The van der Waals surface area contributed by atoms with E-state index in [4.69, 9.17) is 19.3 Å². The summed E-state index contributed by atoms with van der Waals surface area (Å²) in [6, 6.07) is 0. The lowest BCUT2D eigenvalue weighted by Gasteiger charge is -2.29. The second-order valence-corrected chi connectivity index (χ2v) is 5.69. The normalized spacial score (nSPS) is 17.7. The fourth-order valence-corrected chi connectivity index (χ4v) is 1.76. The zero-order valence-corrected chi connectivity index (χ0v) is 14.0. The smallest absolute Gasteiger partial charge is 0.0705 e. The van der Waals surface area contributed by atoms with E-state index in [-0.39, 0.29) is 18.3 Å². The molecule has 0 bridgehead atoms. The molecule has 0 aliphatic carbocycles. The lowest BCUT2D eigenvalue weighted by Crippen LogP contribution is -2.31. The van der Waals surface area contributed by atoms with Gasteiger partial charge in [-0.1, -0.05) is 13.8 Å². The molecule has 0 saturated carbocycles. The highest BCUT2D eigenvalue weighted by molar-refractivity contribution is 4.73. The van der Waals surface area contributed by atoms with Crippen LogP contribution in [0.4, 0.5) is 0 Å². The predicted molar refractivity (Wildman–Crippen MR) is 82.1 cm³/mol. The van der Waals surface area contributed by atoms with Crippen molar-refractivity contribution >= 4 is 0 Å². The Hall–Kier alpha value is -0.160. The highest BCUT2D eigenvalue weighted by Crippen LogP contribution is 2.20. The number of hydrogen-bond donors (Lipinski definition) is 1. The second-order valence-electron chi connectivity index (χ2n) is 5.69. The molecule has 4 nitrogen and oxygen atoms in total. The molecule has 0 aliphatic rings. The van der Waals surface area contributed by atoms with Crippen molar-refractivity contribution in [2.75, 3.05) is 26.4 Å².